The van der Waals surface area contributed by atoms with Crippen molar-refractivity contribution in [2.45, 2.75) is 127 Å². The molecule has 1 saturated heterocycles. The minimum Gasteiger partial charge on any atom is -0.472 e. The number of hydrogen-bond acceptors (Lipinski definition) is 22. The van der Waals surface area contributed by atoms with Crippen LogP contribution in [0, 0.1) is 11.3 Å². The minimum absolute atomic E-state index is 0.00914. The Hall–Kier alpha value is -7.20. The Bertz CT molecular complexity index is 2580. The standard InChI is InChI=1S/C48H51NO21/c1-24(50)61-23-47-38(65-27(4)53)34(63-25(2)51)33-36(64-26(3)52)48(47)46(8,59)37(35(39(47)66-28(5)54)67-40(55)30-17-20-60-21-30)68-43(58)44(6,69-41(56)29-13-10-9-11-14-29)18-16-32-31(15-12-19-49-32)42(57)62-22-45(33,7)70-48/h9-15,17,19-21,33-39,59H,16,18,22-23H2,1-8H3/t33-,34?,35+,36-,37+,38-,39+,44+,45+,46+,47-,48+/m1/s1. The zero-order valence-corrected chi connectivity index (χ0v) is 39.3. The Morgan fingerprint density at radius 3 is 1.96 bits per heavy atom. The van der Waals surface area contributed by atoms with E-state index < -0.39 is 144 Å². The smallest absolute Gasteiger partial charge is 0.350 e. The first-order chi connectivity index (χ1) is 32.9. The summed E-state index contributed by atoms with van der Waals surface area (Å²) in [4.78, 5) is 129. The lowest BCUT2D eigenvalue weighted by Crippen LogP contribution is -2.89. The van der Waals surface area contributed by atoms with E-state index in [2.05, 4.69) is 4.98 Å². The van der Waals surface area contributed by atoms with Crippen LogP contribution in [0.2, 0.25) is 0 Å². The van der Waals surface area contributed by atoms with Crippen LogP contribution in [0.3, 0.4) is 0 Å². The molecule has 0 amide bonds. The quantitative estimate of drug-likeness (QED) is 0.226. The molecule has 7 rings (SSSR count). The first kappa shape index (κ1) is 50.7. The van der Waals surface area contributed by atoms with Gasteiger partial charge >= 0.3 is 53.7 Å². The lowest BCUT2D eigenvalue weighted by Gasteiger charge is -2.67. The van der Waals surface area contributed by atoms with E-state index in [-0.39, 0.29) is 28.8 Å². The van der Waals surface area contributed by atoms with Gasteiger partial charge in [0.15, 0.2) is 30.0 Å². The summed E-state index contributed by atoms with van der Waals surface area (Å²) in [5.41, 5.74) is -13.8. The van der Waals surface area contributed by atoms with Gasteiger partial charge in [0.2, 0.25) is 5.60 Å². The molecule has 1 unspecified atom stereocenters. The molecule has 1 N–H and O–H groups in total. The van der Waals surface area contributed by atoms with Crippen LogP contribution in [0.1, 0.15) is 98.6 Å². The molecular formula is C48H51NO21. The number of nitrogens with zero attached hydrogens (tertiary/aromatic N) is 1. The summed E-state index contributed by atoms with van der Waals surface area (Å²) in [5, 5.41) is 13.9. The number of carbonyl (C=O) groups is 9. The molecule has 2 aromatic heterocycles. The summed E-state index contributed by atoms with van der Waals surface area (Å²) in [5.74, 6) is -11.9. The minimum atomic E-state index is -3.07. The summed E-state index contributed by atoms with van der Waals surface area (Å²) in [6.07, 6.45) is -10.5. The number of benzene rings is 1. The molecule has 2 saturated carbocycles. The Morgan fingerprint density at radius 2 is 1.36 bits per heavy atom. The van der Waals surface area contributed by atoms with Gasteiger partial charge in [-0.2, -0.15) is 0 Å². The second-order valence-electron chi connectivity index (χ2n) is 18.1. The lowest BCUT2D eigenvalue weighted by molar-refractivity contribution is -0.386. The zero-order valence-electron chi connectivity index (χ0n) is 39.3. The monoisotopic (exact) mass is 977 g/mol. The third-order valence-electron chi connectivity index (χ3n) is 13.2. The highest BCUT2D eigenvalue weighted by Crippen LogP contribution is 2.70. The van der Waals surface area contributed by atoms with E-state index in [1.807, 2.05) is 0 Å². The van der Waals surface area contributed by atoms with Crippen molar-refractivity contribution in [3.63, 3.8) is 0 Å². The third-order valence-corrected chi connectivity index (χ3v) is 13.2. The molecule has 22 heteroatoms. The molecule has 4 heterocycles. The zero-order chi connectivity index (χ0) is 51.1. The van der Waals surface area contributed by atoms with Crippen LogP contribution >= 0.6 is 0 Å². The molecule has 1 spiro atoms. The Morgan fingerprint density at radius 1 is 0.729 bits per heavy atom. The van der Waals surface area contributed by atoms with Crippen LogP contribution in [0.25, 0.3) is 0 Å². The number of pyridine rings is 1. The van der Waals surface area contributed by atoms with E-state index >= 15 is 4.79 Å². The van der Waals surface area contributed by atoms with Crippen molar-refractivity contribution >= 4 is 53.7 Å². The van der Waals surface area contributed by atoms with E-state index in [0.717, 1.165) is 54.1 Å². The SMILES string of the molecule is CC(=O)OC[C@]12[C@H](OC(C)=O)C(OC(C)=O)[C@@H]3[C@@H](OC(C)=O)[C@@]14O[C@@]3(C)COC(=O)c1cccnc1CC[C@](C)(OC(=O)c1ccccc1)C(=O)O[C@@H]([C@H](OC(=O)c1ccoc1)[C@@H]2OC(C)=O)[C@]4(C)O. The maximum atomic E-state index is 15.3. The maximum absolute atomic E-state index is 15.3. The van der Waals surface area contributed by atoms with Gasteiger partial charge in [-0.1, -0.05) is 18.2 Å². The van der Waals surface area contributed by atoms with Gasteiger partial charge < -0.3 is 56.9 Å². The molecule has 374 valence electrons. The predicted octanol–water partition coefficient (Wildman–Crippen LogP) is 2.73. The molecule has 12 atom stereocenters. The molecule has 70 heavy (non-hydrogen) atoms. The topological polar surface area (TPSA) is 292 Å². The highest BCUT2D eigenvalue weighted by molar-refractivity contribution is 5.93. The number of hydrogen-bond donors (Lipinski definition) is 1. The second kappa shape index (κ2) is 18.9. The molecule has 0 radical (unpaired) electrons. The van der Waals surface area contributed by atoms with Crippen LogP contribution in [0.15, 0.2) is 71.7 Å². The molecule has 1 aromatic carbocycles. The van der Waals surface area contributed by atoms with Gasteiger partial charge in [-0.25, -0.2) is 19.2 Å². The maximum Gasteiger partial charge on any atom is 0.350 e. The summed E-state index contributed by atoms with van der Waals surface area (Å²) < 4.78 is 66.7. The van der Waals surface area contributed by atoms with Crippen molar-refractivity contribution in [3.8, 4) is 0 Å². The third kappa shape index (κ3) is 8.73. The van der Waals surface area contributed by atoms with E-state index in [1.165, 1.54) is 62.5 Å². The fourth-order valence-electron chi connectivity index (χ4n) is 10.5. The second-order valence-corrected chi connectivity index (χ2v) is 18.1. The van der Waals surface area contributed by atoms with E-state index in [1.54, 1.807) is 6.07 Å². The molecule has 4 aliphatic rings. The van der Waals surface area contributed by atoms with Crippen LogP contribution in [0.4, 0.5) is 0 Å². The van der Waals surface area contributed by atoms with E-state index in [4.69, 9.17) is 51.8 Å². The number of aliphatic hydroxyl groups is 1. The van der Waals surface area contributed by atoms with Gasteiger partial charge in [0.05, 0.1) is 34.6 Å². The largest absolute Gasteiger partial charge is 0.472 e. The summed E-state index contributed by atoms with van der Waals surface area (Å²) in [7, 11) is 0. The van der Waals surface area contributed by atoms with E-state index in [0.29, 0.717) is 0 Å². The fraction of sp³-hybridized carbons (Fsp3) is 0.500. The van der Waals surface area contributed by atoms with Crippen molar-refractivity contribution < 1.29 is 100 Å². The first-order valence-electron chi connectivity index (χ1n) is 22.0. The van der Waals surface area contributed by atoms with Gasteiger partial charge in [-0.05, 0) is 57.5 Å². The van der Waals surface area contributed by atoms with Crippen molar-refractivity contribution in [3.05, 3.63) is 89.6 Å². The van der Waals surface area contributed by atoms with Crippen LogP contribution in [0.5, 0.6) is 0 Å². The molecular weight excluding hydrogens is 927 g/mol. The van der Waals surface area contributed by atoms with Crippen molar-refractivity contribution in [2.24, 2.45) is 11.3 Å². The van der Waals surface area contributed by atoms with Crippen LogP contribution < -0.4 is 0 Å². The molecule has 2 aliphatic heterocycles. The highest BCUT2D eigenvalue weighted by atomic mass is 16.7. The number of furan rings is 1. The summed E-state index contributed by atoms with van der Waals surface area (Å²) in [6.45, 7) is 6.27. The molecule has 3 aromatic rings. The Kier molecular flexibility index (Phi) is 13.7. The first-order valence-corrected chi connectivity index (χ1v) is 22.0. The Labute approximate surface area is 399 Å². The number of fused-ring (bicyclic) bond motifs is 5. The van der Waals surface area contributed by atoms with E-state index in [9.17, 15) is 43.5 Å². The lowest BCUT2D eigenvalue weighted by atomic mass is 9.45. The average molecular weight is 978 g/mol. The van der Waals surface area contributed by atoms with Gasteiger partial charge in [-0.3, -0.25) is 29.0 Å². The number of rotatable bonds is 10. The average Bonchev–Trinajstić information content (AvgIpc) is 3.91. The van der Waals surface area contributed by atoms with Crippen LogP contribution in [-0.2, 0) is 82.6 Å². The molecule has 3 fully saturated rings. The number of aryl methyl sites for hydroxylation is 1. The van der Waals surface area contributed by atoms with Crippen molar-refractivity contribution in [1.82, 2.24) is 4.98 Å². The molecule has 2 aliphatic carbocycles. The van der Waals surface area contributed by atoms with Gasteiger partial charge in [-0.15, -0.1) is 0 Å². The number of carbonyl (C=O) groups excluding carboxylic acids is 9. The number of esters is 9. The van der Waals surface area contributed by atoms with Crippen LogP contribution in [-0.4, -0.2) is 136 Å². The van der Waals surface area contributed by atoms with Gasteiger partial charge in [0, 0.05) is 47.2 Å². The van der Waals surface area contributed by atoms with Gasteiger partial charge in [0.1, 0.15) is 48.3 Å². The highest BCUT2D eigenvalue weighted by Gasteiger charge is 2.92. The normalized spacial score (nSPS) is 33.3. The Balaban J connectivity index is 1.61. The number of aromatic nitrogens is 1. The number of cyclic esters (lactones) is 1. The summed E-state index contributed by atoms with van der Waals surface area (Å²) in [6, 6.07) is 11.5. The van der Waals surface area contributed by atoms with Crippen molar-refractivity contribution in [1.29, 1.82) is 0 Å². The molecule has 4 bridgehead atoms. The van der Waals surface area contributed by atoms with Crippen molar-refractivity contribution in [2.75, 3.05) is 13.2 Å². The molecule has 22 nitrogen and oxygen atoms in total. The fourth-order valence-corrected chi connectivity index (χ4v) is 10.5. The van der Waals surface area contributed by atoms with Gasteiger partial charge in [0.25, 0.3) is 0 Å². The predicted molar refractivity (Wildman–Crippen MR) is 229 cm³/mol. The number of ether oxygens (including phenoxy) is 10. The summed E-state index contributed by atoms with van der Waals surface area (Å²) >= 11 is 0.